The third-order valence-corrected chi connectivity index (χ3v) is 4.94. The Kier molecular flexibility index (Phi) is 10.1. The van der Waals surface area contributed by atoms with Crippen LogP contribution in [0.3, 0.4) is 0 Å². The third-order valence-electron chi connectivity index (χ3n) is 4.94. The molecule has 0 unspecified atom stereocenters. The number of benzene rings is 1. The SMILES string of the molecule is C[C@H](CO)NC(=O)C[C@H]1CC=CCCCC(=O)OC[C@H](Cc2ccccc2)NC1=O. The Morgan fingerprint density at radius 1 is 1.27 bits per heavy atom. The zero-order valence-electron chi connectivity index (χ0n) is 17.5. The highest BCUT2D eigenvalue weighted by Crippen LogP contribution is 2.14. The number of hydrogen-bond acceptors (Lipinski definition) is 5. The van der Waals surface area contributed by atoms with Crippen LogP contribution in [0.5, 0.6) is 0 Å². The van der Waals surface area contributed by atoms with Gasteiger partial charge in [-0.2, -0.15) is 0 Å². The molecule has 1 aliphatic rings. The number of amides is 2. The standard InChI is InChI=1S/C23H32N2O5/c1-17(15-26)24-21(27)14-19-11-7-2-3-8-12-22(28)30-16-20(25-23(19)29)13-18-9-5-4-6-10-18/h2,4-7,9-10,17,19-20,26H,3,8,11-16H2,1H3,(H,24,27)(H,25,29)/t17-,19-,20+/m1/s1. The summed E-state index contributed by atoms with van der Waals surface area (Å²) in [4.78, 5) is 37.2. The quantitative estimate of drug-likeness (QED) is 0.485. The lowest BCUT2D eigenvalue weighted by molar-refractivity contribution is -0.145. The first kappa shape index (κ1) is 23.6. The molecule has 164 valence electrons. The molecule has 2 amide bonds. The number of cyclic esters (lactones) is 1. The zero-order valence-corrected chi connectivity index (χ0v) is 17.5. The molecule has 0 bridgehead atoms. The highest BCUT2D eigenvalue weighted by atomic mass is 16.5. The zero-order chi connectivity index (χ0) is 21.8. The number of aliphatic hydroxyl groups is 1. The minimum atomic E-state index is -0.540. The monoisotopic (exact) mass is 416 g/mol. The van der Waals surface area contributed by atoms with Gasteiger partial charge in [-0.1, -0.05) is 42.5 Å². The average molecular weight is 417 g/mol. The van der Waals surface area contributed by atoms with Crippen molar-refractivity contribution in [1.82, 2.24) is 10.6 Å². The molecule has 30 heavy (non-hydrogen) atoms. The summed E-state index contributed by atoms with van der Waals surface area (Å²) in [5, 5.41) is 14.8. The maximum Gasteiger partial charge on any atom is 0.305 e. The highest BCUT2D eigenvalue weighted by molar-refractivity contribution is 5.86. The molecule has 1 heterocycles. The summed E-state index contributed by atoms with van der Waals surface area (Å²) in [6.45, 7) is 1.63. The van der Waals surface area contributed by atoms with Crippen molar-refractivity contribution in [3.63, 3.8) is 0 Å². The van der Waals surface area contributed by atoms with Crippen molar-refractivity contribution in [3.05, 3.63) is 48.0 Å². The topological polar surface area (TPSA) is 105 Å². The fourth-order valence-corrected chi connectivity index (χ4v) is 3.26. The Morgan fingerprint density at radius 3 is 2.77 bits per heavy atom. The fraction of sp³-hybridized carbons (Fsp3) is 0.522. The summed E-state index contributed by atoms with van der Waals surface area (Å²) in [7, 11) is 0. The van der Waals surface area contributed by atoms with Crippen molar-refractivity contribution in [2.75, 3.05) is 13.2 Å². The van der Waals surface area contributed by atoms with Crippen LogP contribution in [0.15, 0.2) is 42.5 Å². The van der Waals surface area contributed by atoms with Gasteiger partial charge in [-0.25, -0.2) is 0 Å². The van der Waals surface area contributed by atoms with E-state index in [9.17, 15) is 14.4 Å². The lowest BCUT2D eigenvalue weighted by atomic mass is 9.97. The van der Waals surface area contributed by atoms with E-state index in [2.05, 4.69) is 10.6 Å². The molecular weight excluding hydrogens is 384 g/mol. The number of carbonyl (C=O) groups is 3. The van der Waals surface area contributed by atoms with E-state index in [1.54, 1.807) is 6.92 Å². The molecule has 3 N–H and O–H groups in total. The molecule has 7 heteroatoms. The second-order valence-corrected chi connectivity index (χ2v) is 7.73. The average Bonchev–Trinajstić information content (AvgIpc) is 2.74. The number of ether oxygens (including phenoxy) is 1. The Bertz CT molecular complexity index is 720. The molecule has 0 spiro atoms. The van der Waals surface area contributed by atoms with E-state index in [0.717, 1.165) is 5.56 Å². The Hall–Kier alpha value is -2.67. The van der Waals surface area contributed by atoms with E-state index in [1.807, 2.05) is 42.5 Å². The van der Waals surface area contributed by atoms with E-state index < -0.39 is 5.92 Å². The van der Waals surface area contributed by atoms with Gasteiger partial charge in [0.2, 0.25) is 11.8 Å². The minimum Gasteiger partial charge on any atom is -0.463 e. The minimum absolute atomic E-state index is 0.0261. The van der Waals surface area contributed by atoms with Gasteiger partial charge in [0.1, 0.15) is 6.61 Å². The van der Waals surface area contributed by atoms with E-state index >= 15 is 0 Å². The van der Waals surface area contributed by atoms with Crippen molar-refractivity contribution < 1.29 is 24.2 Å². The van der Waals surface area contributed by atoms with Crippen molar-refractivity contribution in [1.29, 1.82) is 0 Å². The molecule has 2 rings (SSSR count). The highest BCUT2D eigenvalue weighted by Gasteiger charge is 2.25. The summed E-state index contributed by atoms with van der Waals surface area (Å²) < 4.78 is 5.39. The molecule has 0 aromatic heterocycles. The Balaban J connectivity index is 2.11. The normalized spacial score (nSPS) is 21.9. The lowest BCUT2D eigenvalue weighted by Gasteiger charge is -2.22. The largest absolute Gasteiger partial charge is 0.463 e. The Labute approximate surface area is 177 Å². The van der Waals surface area contributed by atoms with Crippen LogP contribution in [0.4, 0.5) is 0 Å². The van der Waals surface area contributed by atoms with Crippen LogP contribution in [-0.2, 0) is 25.5 Å². The summed E-state index contributed by atoms with van der Waals surface area (Å²) in [6.07, 6.45) is 6.53. The molecule has 3 atom stereocenters. The van der Waals surface area contributed by atoms with Crippen molar-refractivity contribution >= 4 is 17.8 Å². The number of allylic oxidation sites excluding steroid dienone is 2. The van der Waals surface area contributed by atoms with E-state index in [1.165, 1.54) is 0 Å². The van der Waals surface area contributed by atoms with Crippen LogP contribution < -0.4 is 10.6 Å². The van der Waals surface area contributed by atoms with Gasteiger partial charge in [0, 0.05) is 18.9 Å². The van der Waals surface area contributed by atoms with Gasteiger partial charge in [-0.3, -0.25) is 14.4 Å². The lowest BCUT2D eigenvalue weighted by Crippen LogP contribution is -2.45. The van der Waals surface area contributed by atoms with E-state index in [-0.39, 0.29) is 49.5 Å². The number of hydrogen-bond donors (Lipinski definition) is 3. The molecule has 0 fully saturated rings. The van der Waals surface area contributed by atoms with Crippen molar-refractivity contribution in [2.24, 2.45) is 5.92 Å². The molecule has 0 aliphatic carbocycles. The maximum absolute atomic E-state index is 13.0. The van der Waals surface area contributed by atoms with E-state index in [4.69, 9.17) is 9.84 Å². The number of rotatable bonds is 6. The van der Waals surface area contributed by atoms with Crippen LogP contribution in [-0.4, -0.2) is 48.2 Å². The van der Waals surface area contributed by atoms with E-state index in [0.29, 0.717) is 32.1 Å². The second kappa shape index (κ2) is 12.8. The van der Waals surface area contributed by atoms with Crippen LogP contribution in [0, 0.1) is 5.92 Å². The molecule has 0 saturated heterocycles. The maximum atomic E-state index is 13.0. The molecule has 0 radical (unpaired) electrons. The first-order valence-corrected chi connectivity index (χ1v) is 10.5. The predicted molar refractivity (Wildman–Crippen MR) is 113 cm³/mol. The van der Waals surface area contributed by atoms with Gasteiger partial charge in [-0.05, 0) is 38.2 Å². The number of esters is 1. The number of nitrogens with one attached hydrogen (secondary N) is 2. The Morgan fingerprint density at radius 2 is 2.03 bits per heavy atom. The first-order valence-electron chi connectivity index (χ1n) is 10.5. The van der Waals surface area contributed by atoms with Gasteiger partial charge in [0.05, 0.1) is 18.6 Å². The number of carbonyl (C=O) groups excluding carboxylic acids is 3. The fourth-order valence-electron chi connectivity index (χ4n) is 3.26. The summed E-state index contributed by atoms with van der Waals surface area (Å²) in [5.41, 5.74) is 1.02. The molecule has 0 saturated carbocycles. The van der Waals surface area contributed by atoms with Crippen LogP contribution in [0.25, 0.3) is 0 Å². The smallest absolute Gasteiger partial charge is 0.305 e. The van der Waals surface area contributed by atoms with Gasteiger partial charge < -0.3 is 20.5 Å². The molecule has 1 aliphatic heterocycles. The molecule has 1 aromatic rings. The van der Waals surface area contributed by atoms with Gasteiger partial charge in [0.25, 0.3) is 0 Å². The summed E-state index contributed by atoms with van der Waals surface area (Å²) >= 11 is 0. The second-order valence-electron chi connectivity index (χ2n) is 7.73. The molecule has 1 aromatic carbocycles. The molecular formula is C23H32N2O5. The van der Waals surface area contributed by atoms with Crippen LogP contribution in [0.2, 0.25) is 0 Å². The van der Waals surface area contributed by atoms with Crippen LogP contribution >= 0.6 is 0 Å². The first-order chi connectivity index (χ1) is 14.5. The van der Waals surface area contributed by atoms with Crippen molar-refractivity contribution in [3.8, 4) is 0 Å². The van der Waals surface area contributed by atoms with Gasteiger partial charge >= 0.3 is 5.97 Å². The summed E-state index contributed by atoms with van der Waals surface area (Å²) in [5.74, 6) is -1.34. The van der Waals surface area contributed by atoms with Crippen LogP contribution in [0.1, 0.15) is 44.6 Å². The summed E-state index contributed by atoms with van der Waals surface area (Å²) in [6, 6.07) is 8.93. The van der Waals surface area contributed by atoms with Gasteiger partial charge in [0.15, 0.2) is 0 Å². The number of aliphatic hydroxyl groups excluding tert-OH is 1. The van der Waals surface area contributed by atoms with Crippen molar-refractivity contribution in [2.45, 2.75) is 57.5 Å². The third kappa shape index (κ3) is 8.78. The van der Waals surface area contributed by atoms with Gasteiger partial charge in [-0.15, -0.1) is 0 Å². The molecule has 7 nitrogen and oxygen atoms in total. The predicted octanol–water partition coefficient (Wildman–Crippen LogP) is 1.89.